The average molecular weight is 290 g/mol. The molecule has 0 aliphatic carbocycles. The zero-order valence-electron chi connectivity index (χ0n) is 11.9. The van der Waals surface area contributed by atoms with Gasteiger partial charge in [0, 0.05) is 11.6 Å². The first-order chi connectivity index (χ1) is 9.69. The first kappa shape index (κ1) is 14.9. The summed E-state index contributed by atoms with van der Waals surface area (Å²) in [6, 6.07) is 14.2. The quantitative estimate of drug-likeness (QED) is 0.854. The van der Waals surface area contributed by atoms with Gasteiger partial charge in [0.2, 0.25) is 0 Å². The molecule has 0 bridgehead atoms. The monoisotopic (exact) mass is 289 g/mol. The van der Waals surface area contributed by atoms with Gasteiger partial charge in [0.15, 0.2) is 0 Å². The van der Waals surface area contributed by atoms with Crippen LogP contribution >= 0.6 is 11.6 Å². The summed E-state index contributed by atoms with van der Waals surface area (Å²) in [5, 5.41) is 4.01. The van der Waals surface area contributed by atoms with Crippen LogP contribution in [-0.2, 0) is 13.2 Å². The van der Waals surface area contributed by atoms with Crippen molar-refractivity contribution in [3.63, 3.8) is 0 Å². The first-order valence-corrected chi connectivity index (χ1v) is 7.24. The number of ether oxygens (including phenoxy) is 1. The smallest absolute Gasteiger partial charge is 0.124 e. The molecule has 2 nitrogen and oxygen atoms in total. The molecule has 0 aliphatic heterocycles. The van der Waals surface area contributed by atoms with E-state index in [1.54, 1.807) is 0 Å². The van der Waals surface area contributed by atoms with E-state index in [1.807, 2.05) is 25.1 Å². The number of aryl methyl sites for hydroxylation is 1. The Labute approximate surface area is 125 Å². The third-order valence-electron chi connectivity index (χ3n) is 3.15. The molecule has 0 heterocycles. The Hall–Kier alpha value is -1.51. The van der Waals surface area contributed by atoms with Crippen LogP contribution in [0.1, 0.15) is 23.6 Å². The van der Waals surface area contributed by atoms with E-state index >= 15 is 0 Å². The van der Waals surface area contributed by atoms with Gasteiger partial charge in [-0.25, -0.2) is 0 Å². The Balaban J connectivity index is 1.95. The highest BCUT2D eigenvalue weighted by atomic mass is 35.5. The van der Waals surface area contributed by atoms with Gasteiger partial charge in [0.05, 0.1) is 0 Å². The van der Waals surface area contributed by atoms with Gasteiger partial charge in [-0.1, -0.05) is 48.9 Å². The van der Waals surface area contributed by atoms with Gasteiger partial charge in [-0.2, -0.15) is 0 Å². The van der Waals surface area contributed by atoms with Crippen LogP contribution in [0.4, 0.5) is 0 Å². The summed E-state index contributed by atoms with van der Waals surface area (Å²) in [5.74, 6) is 0.842. The largest absolute Gasteiger partial charge is 0.489 e. The standard InChI is InChI=1S/C17H20ClNO/c1-3-19-11-14-5-7-15(8-6-14)12-20-17-10-16(18)9-4-13(17)2/h4-10,19H,3,11-12H2,1-2H3. The number of halogens is 1. The lowest BCUT2D eigenvalue weighted by Gasteiger charge is -2.10. The second kappa shape index (κ2) is 7.32. The second-order valence-corrected chi connectivity index (χ2v) is 5.23. The highest BCUT2D eigenvalue weighted by Gasteiger charge is 2.01. The van der Waals surface area contributed by atoms with Gasteiger partial charge in [-0.3, -0.25) is 0 Å². The molecule has 1 N–H and O–H groups in total. The molecule has 0 aliphatic rings. The summed E-state index contributed by atoms with van der Waals surface area (Å²) in [4.78, 5) is 0. The van der Waals surface area contributed by atoms with Gasteiger partial charge in [0.25, 0.3) is 0 Å². The minimum Gasteiger partial charge on any atom is -0.489 e. The Morgan fingerprint density at radius 1 is 1.05 bits per heavy atom. The van der Waals surface area contributed by atoms with Crippen molar-refractivity contribution < 1.29 is 4.74 Å². The van der Waals surface area contributed by atoms with Crippen molar-refractivity contribution in [2.24, 2.45) is 0 Å². The molecular weight excluding hydrogens is 270 g/mol. The Morgan fingerprint density at radius 2 is 1.75 bits per heavy atom. The minimum atomic E-state index is 0.558. The number of benzene rings is 2. The van der Waals surface area contributed by atoms with Gasteiger partial charge in [-0.15, -0.1) is 0 Å². The molecule has 2 rings (SSSR count). The third kappa shape index (κ3) is 4.26. The minimum absolute atomic E-state index is 0.558. The van der Waals surface area contributed by atoms with Crippen molar-refractivity contribution in [2.75, 3.05) is 6.54 Å². The molecule has 0 aromatic heterocycles. The third-order valence-corrected chi connectivity index (χ3v) is 3.38. The number of hydrogen-bond donors (Lipinski definition) is 1. The molecule has 0 fully saturated rings. The fourth-order valence-electron chi connectivity index (χ4n) is 1.91. The molecule has 0 spiro atoms. The molecule has 2 aromatic carbocycles. The SMILES string of the molecule is CCNCc1ccc(COc2cc(Cl)ccc2C)cc1. The molecule has 106 valence electrons. The van der Waals surface area contributed by atoms with Crippen molar-refractivity contribution in [2.45, 2.75) is 27.0 Å². The molecule has 0 saturated heterocycles. The van der Waals surface area contributed by atoms with E-state index < -0.39 is 0 Å². The normalized spacial score (nSPS) is 10.6. The van der Waals surface area contributed by atoms with Crippen molar-refractivity contribution in [1.29, 1.82) is 0 Å². The van der Waals surface area contributed by atoms with E-state index in [4.69, 9.17) is 16.3 Å². The van der Waals surface area contributed by atoms with Crippen LogP contribution in [-0.4, -0.2) is 6.54 Å². The van der Waals surface area contributed by atoms with Crippen LogP contribution in [0, 0.1) is 6.92 Å². The topological polar surface area (TPSA) is 21.3 Å². The van der Waals surface area contributed by atoms with Crippen LogP contribution < -0.4 is 10.1 Å². The van der Waals surface area contributed by atoms with Crippen molar-refractivity contribution >= 4 is 11.6 Å². The number of rotatable bonds is 6. The summed E-state index contributed by atoms with van der Waals surface area (Å²) >= 11 is 5.98. The zero-order chi connectivity index (χ0) is 14.4. The Kier molecular flexibility index (Phi) is 5.45. The van der Waals surface area contributed by atoms with E-state index in [0.717, 1.165) is 30.0 Å². The van der Waals surface area contributed by atoms with Crippen LogP contribution in [0.25, 0.3) is 0 Å². The molecular formula is C17H20ClNO. The molecule has 0 unspecified atom stereocenters. The van der Waals surface area contributed by atoms with Crippen LogP contribution in [0.2, 0.25) is 5.02 Å². The predicted octanol–water partition coefficient (Wildman–Crippen LogP) is 4.34. The lowest BCUT2D eigenvalue weighted by molar-refractivity contribution is 0.304. The van der Waals surface area contributed by atoms with E-state index in [2.05, 4.69) is 36.5 Å². The fraction of sp³-hybridized carbons (Fsp3) is 0.294. The van der Waals surface area contributed by atoms with E-state index in [9.17, 15) is 0 Å². The van der Waals surface area contributed by atoms with E-state index in [0.29, 0.717) is 11.6 Å². The molecule has 20 heavy (non-hydrogen) atoms. The van der Waals surface area contributed by atoms with Gasteiger partial charge >= 0.3 is 0 Å². The summed E-state index contributed by atoms with van der Waals surface area (Å²) in [5.41, 5.74) is 3.54. The van der Waals surface area contributed by atoms with Gasteiger partial charge in [-0.05, 0) is 42.3 Å². The maximum Gasteiger partial charge on any atom is 0.124 e. The highest BCUT2D eigenvalue weighted by Crippen LogP contribution is 2.23. The molecule has 0 radical (unpaired) electrons. The lowest BCUT2D eigenvalue weighted by Crippen LogP contribution is -2.11. The van der Waals surface area contributed by atoms with Crippen molar-refractivity contribution in [3.8, 4) is 5.75 Å². The maximum atomic E-state index is 5.98. The van der Waals surface area contributed by atoms with E-state index in [-0.39, 0.29) is 0 Å². The summed E-state index contributed by atoms with van der Waals surface area (Å²) < 4.78 is 5.82. The predicted molar refractivity (Wildman–Crippen MR) is 84.3 cm³/mol. The lowest BCUT2D eigenvalue weighted by atomic mass is 10.1. The Morgan fingerprint density at radius 3 is 2.45 bits per heavy atom. The zero-order valence-corrected chi connectivity index (χ0v) is 12.7. The molecule has 0 atom stereocenters. The molecule has 0 saturated carbocycles. The maximum absolute atomic E-state index is 5.98. The van der Waals surface area contributed by atoms with Crippen molar-refractivity contribution in [1.82, 2.24) is 5.32 Å². The Bertz CT molecular complexity index is 551. The second-order valence-electron chi connectivity index (χ2n) is 4.80. The summed E-state index contributed by atoms with van der Waals surface area (Å²) in [6.45, 7) is 6.58. The highest BCUT2D eigenvalue weighted by molar-refractivity contribution is 6.30. The molecule has 0 amide bonds. The van der Waals surface area contributed by atoms with Crippen molar-refractivity contribution in [3.05, 3.63) is 64.2 Å². The fourth-order valence-corrected chi connectivity index (χ4v) is 2.08. The van der Waals surface area contributed by atoms with Crippen LogP contribution in [0.15, 0.2) is 42.5 Å². The van der Waals surface area contributed by atoms with Gasteiger partial charge in [0.1, 0.15) is 12.4 Å². The number of nitrogens with one attached hydrogen (secondary N) is 1. The summed E-state index contributed by atoms with van der Waals surface area (Å²) in [7, 11) is 0. The van der Waals surface area contributed by atoms with E-state index in [1.165, 1.54) is 5.56 Å². The van der Waals surface area contributed by atoms with Crippen LogP contribution in [0.3, 0.4) is 0 Å². The molecule has 3 heteroatoms. The van der Waals surface area contributed by atoms with Crippen LogP contribution in [0.5, 0.6) is 5.75 Å². The number of hydrogen-bond acceptors (Lipinski definition) is 2. The first-order valence-electron chi connectivity index (χ1n) is 6.86. The van der Waals surface area contributed by atoms with Gasteiger partial charge < -0.3 is 10.1 Å². The summed E-state index contributed by atoms with van der Waals surface area (Å²) in [6.07, 6.45) is 0. The average Bonchev–Trinajstić information content (AvgIpc) is 2.47. The molecule has 2 aromatic rings.